The Balaban J connectivity index is 1.85. The summed E-state index contributed by atoms with van der Waals surface area (Å²) in [6.07, 6.45) is -0.213. The van der Waals surface area contributed by atoms with Gasteiger partial charge in [-0.05, 0) is 56.7 Å². The Bertz CT molecular complexity index is 894. The third kappa shape index (κ3) is 3.82. The van der Waals surface area contributed by atoms with E-state index in [0.717, 1.165) is 5.56 Å². The van der Waals surface area contributed by atoms with Gasteiger partial charge in [-0.1, -0.05) is 12.1 Å². The van der Waals surface area contributed by atoms with Crippen LogP contribution < -0.4 is 4.74 Å². The van der Waals surface area contributed by atoms with Gasteiger partial charge in [0.25, 0.3) is 0 Å². The van der Waals surface area contributed by atoms with Crippen molar-refractivity contribution in [1.82, 2.24) is 0 Å². The van der Waals surface area contributed by atoms with Crippen LogP contribution in [-0.2, 0) is 11.3 Å². The minimum atomic E-state index is -0.415. The number of furan rings is 1. The van der Waals surface area contributed by atoms with Crippen LogP contribution in [0.1, 0.15) is 35.5 Å². The molecule has 0 amide bonds. The molecule has 0 fully saturated rings. The van der Waals surface area contributed by atoms with Crippen molar-refractivity contribution < 1.29 is 23.1 Å². The summed E-state index contributed by atoms with van der Waals surface area (Å²) in [5.74, 6) is 0.404. The summed E-state index contributed by atoms with van der Waals surface area (Å²) in [5, 5.41) is 0.653. The van der Waals surface area contributed by atoms with Gasteiger partial charge in [-0.15, -0.1) is 0 Å². The smallest absolute Gasteiger partial charge is 0.342 e. The van der Waals surface area contributed by atoms with E-state index in [1.54, 1.807) is 51.1 Å². The van der Waals surface area contributed by atoms with Gasteiger partial charge in [0.15, 0.2) is 0 Å². The van der Waals surface area contributed by atoms with Crippen LogP contribution in [0.15, 0.2) is 46.9 Å². The number of ether oxygens (including phenoxy) is 2. The Morgan fingerprint density at radius 1 is 1.16 bits per heavy atom. The van der Waals surface area contributed by atoms with Gasteiger partial charge in [0, 0.05) is 5.39 Å². The van der Waals surface area contributed by atoms with Crippen molar-refractivity contribution in [2.75, 3.05) is 0 Å². The molecule has 0 spiro atoms. The molecule has 3 aromatic rings. The fourth-order valence-corrected chi connectivity index (χ4v) is 2.56. The second-order valence-electron chi connectivity index (χ2n) is 6.06. The van der Waals surface area contributed by atoms with E-state index in [1.165, 1.54) is 12.1 Å². The highest BCUT2D eigenvalue weighted by molar-refractivity contribution is 6.04. The number of aryl methyl sites for hydroxylation is 1. The maximum atomic E-state index is 12.9. The molecule has 3 rings (SSSR count). The van der Waals surface area contributed by atoms with Crippen LogP contribution >= 0.6 is 0 Å². The lowest BCUT2D eigenvalue weighted by atomic mass is 10.1. The summed E-state index contributed by atoms with van der Waals surface area (Å²) in [6, 6.07) is 11.4. The Morgan fingerprint density at radius 2 is 1.88 bits per heavy atom. The van der Waals surface area contributed by atoms with Crippen molar-refractivity contribution >= 4 is 16.9 Å². The highest BCUT2D eigenvalue weighted by Gasteiger charge is 2.21. The van der Waals surface area contributed by atoms with E-state index < -0.39 is 5.97 Å². The highest BCUT2D eigenvalue weighted by Crippen LogP contribution is 2.30. The number of esters is 1. The monoisotopic (exact) mass is 342 g/mol. The predicted octanol–water partition coefficient (Wildman–Crippen LogP) is 5.02. The molecule has 2 aromatic carbocycles. The van der Waals surface area contributed by atoms with Crippen LogP contribution in [0, 0.1) is 12.7 Å². The predicted molar refractivity (Wildman–Crippen MR) is 92.2 cm³/mol. The summed E-state index contributed by atoms with van der Waals surface area (Å²) in [7, 11) is 0. The van der Waals surface area contributed by atoms with Crippen molar-refractivity contribution in [1.29, 1.82) is 0 Å². The first-order valence-corrected chi connectivity index (χ1v) is 8.05. The minimum absolute atomic E-state index is 0.213. The van der Waals surface area contributed by atoms with Gasteiger partial charge in [-0.2, -0.15) is 0 Å². The first-order chi connectivity index (χ1) is 11.9. The summed E-state index contributed by atoms with van der Waals surface area (Å²) < 4.78 is 29.6. The first-order valence-electron chi connectivity index (χ1n) is 8.05. The zero-order chi connectivity index (χ0) is 18.0. The van der Waals surface area contributed by atoms with E-state index in [-0.39, 0.29) is 11.9 Å². The number of benzene rings is 2. The Labute approximate surface area is 145 Å². The van der Waals surface area contributed by atoms with Crippen LogP contribution in [0.4, 0.5) is 4.39 Å². The quantitative estimate of drug-likeness (QED) is 0.611. The molecule has 0 atom stereocenters. The van der Waals surface area contributed by atoms with Crippen LogP contribution in [0.3, 0.4) is 0 Å². The Hall–Kier alpha value is -2.82. The Morgan fingerprint density at radius 3 is 2.56 bits per heavy atom. The molecule has 1 heterocycles. The molecule has 0 saturated carbocycles. The molecular weight excluding hydrogens is 323 g/mol. The SMILES string of the molecule is Cc1oc2ccc(OCc3ccc(F)cc3)cc2c1C(=O)OC(C)C. The van der Waals surface area contributed by atoms with Gasteiger partial charge < -0.3 is 13.9 Å². The average Bonchev–Trinajstić information content (AvgIpc) is 2.88. The highest BCUT2D eigenvalue weighted by atomic mass is 19.1. The fourth-order valence-electron chi connectivity index (χ4n) is 2.56. The van der Waals surface area contributed by atoms with E-state index in [2.05, 4.69) is 0 Å². The summed E-state index contributed by atoms with van der Waals surface area (Å²) in [6.45, 7) is 5.63. The van der Waals surface area contributed by atoms with Crippen molar-refractivity contribution in [3.05, 3.63) is 65.2 Å². The lowest BCUT2D eigenvalue weighted by Gasteiger charge is -2.08. The van der Waals surface area contributed by atoms with E-state index >= 15 is 0 Å². The number of fused-ring (bicyclic) bond motifs is 1. The zero-order valence-corrected chi connectivity index (χ0v) is 14.3. The van der Waals surface area contributed by atoms with Crippen molar-refractivity contribution in [3.63, 3.8) is 0 Å². The third-order valence-electron chi connectivity index (χ3n) is 3.70. The lowest BCUT2D eigenvalue weighted by Crippen LogP contribution is -2.12. The summed E-state index contributed by atoms with van der Waals surface area (Å²) in [5.41, 5.74) is 1.86. The van der Waals surface area contributed by atoms with Gasteiger partial charge in [0.2, 0.25) is 0 Å². The third-order valence-corrected chi connectivity index (χ3v) is 3.70. The van der Waals surface area contributed by atoms with Crippen LogP contribution in [0.5, 0.6) is 5.75 Å². The molecule has 0 radical (unpaired) electrons. The maximum Gasteiger partial charge on any atom is 0.342 e. The topological polar surface area (TPSA) is 48.7 Å². The van der Waals surface area contributed by atoms with Crippen molar-refractivity contribution in [2.24, 2.45) is 0 Å². The van der Waals surface area contributed by atoms with E-state index in [9.17, 15) is 9.18 Å². The molecule has 0 aliphatic rings. The molecule has 4 nitrogen and oxygen atoms in total. The molecule has 0 aliphatic carbocycles. The van der Waals surface area contributed by atoms with E-state index in [0.29, 0.717) is 34.6 Å². The van der Waals surface area contributed by atoms with Gasteiger partial charge in [0.05, 0.1) is 6.10 Å². The van der Waals surface area contributed by atoms with E-state index in [1.807, 2.05) is 0 Å². The molecule has 0 bridgehead atoms. The van der Waals surface area contributed by atoms with Crippen LogP contribution in [0.25, 0.3) is 11.0 Å². The van der Waals surface area contributed by atoms with Gasteiger partial charge in [-0.25, -0.2) is 9.18 Å². The largest absolute Gasteiger partial charge is 0.489 e. The second kappa shape index (κ2) is 6.97. The molecule has 0 unspecified atom stereocenters. The van der Waals surface area contributed by atoms with Gasteiger partial charge in [-0.3, -0.25) is 0 Å². The summed E-state index contributed by atoms with van der Waals surface area (Å²) >= 11 is 0. The van der Waals surface area contributed by atoms with Crippen molar-refractivity contribution in [2.45, 2.75) is 33.5 Å². The standard InChI is InChI=1S/C20H19FO4/c1-12(2)24-20(22)19-13(3)25-18-9-8-16(10-17(18)19)23-11-14-4-6-15(21)7-5-14/h4-10,12H,11H2,1-3H3. The Kier molecular flexibility index (Phi) is 4.74. The molecule has 0 saturated heterocycles. The number of hydrogen-bond acceptors (Lipinski definition) is 4. The minimum Gasteiger partial charge on any atom is -0.489 e. The molecule has 0 N–H and O–H groups in total. The normalized spacial score (nSPS) is 11.1. The van der Waals surface area contributed by atoms with Crippen LogP contribution in [0.2, 0.25) is 0 Å². The van der Waals surface area contributed by atoms with Crippen molar-refractivity contribution in [3.8, 4) is 5.75 Å². The van der Waals surface area contributed by atoms with Gasteiger partial charge in [0.1, 0.15) is 35.1 Å². The number of rotatable bonds is 5. The lowest BCUT2D eigenvalue weighted by molar-refractivity contribution is 0.0378. The molecular formula is C20H19FO4. The van der Waals surface area contributed by atoms with E-state index in [4.69, 9.17) is 13.9 Å². The number of halogens is 1. The summed E-state index contributed by atoms with van der Waals surface area (Å²) in [4.78, 5) is 12.3. The van der Waals surface area contributed by atoms with Gasteiger partial charge >= 0.3 is 5.97 Å². The number of carbonyl (C=O) groups is 1. The zero-order valence-electron chi connectivity index (χ0n) is 14.3. The molecule has 0 aliphatic heterocycles. The number of carbonyl (C=O) groups excluding carboxylic acids is 1. The molecule has 130 valence electrons. The first kappa shape index (κ1) is 17.0. The molecule has 1 aromatic heterocycles. The number of hydrogen-bond donors (Lipinski definition) is 0. The average molecular weight is 342 g/mol. The molecule has 5 heteroatoms. The molecule has 25 heavy (non-hydrogen) atoms. The fraction of sp³-hybridized carbons (Fsp3) is 0.250. The van der Waals surface area contributed by atoms with Crippen LogP contribution in [-0.4, -0.2) is 12.1 Å². The second-order valence-corrected chi connectivity index (χ2v) is 6.06. The maximum absolute atomic E-state index is 12.9.